The molecular formula is C17H21NO4S2. The van der Waals surface area contributed by atoms with Gasteiger partial charge in [0.25, 0.3) is 0 Å². The number of thiocarbonyl (C=S) groups is 1. The second kappa shape index (κ2) is 9.03. The highest BCUT2D eigenvalue weighted by Gasteiger charge is 2.39. The molecule has 0 saturated carbocycles. The maximum atomic E-state index is 12.5. The van der Waals surface area contributed by atoms with Crippen LogP contribution >= 0.6 is 24.0 Å². The number of carbonyl (C=O) groups is 2. The van der Waals surface area contributed by atoms with E-state index in [-0.39, 0.29) is 24.4 Å². The van der Waals surface area contributed by atoms with E-state index < -0.39 is 6.04 Å². The Morgan fingerprint density at radius 1 is 1.38 bits per heavy atom. The highest BCUT2D eigenvalue weighted by molar-refractivity contribution is 8.23. The molecule has 1 heterocycles. The van der Waals surface area contributed by atoms with Crippen molar-refractivity contribution in [2.45, 2.75) is 31.8 Å². The van der Waals surface area contributed by atoms with E-state index in [0.29, 0.717) is 23.1 Å². The monoisotopic (exact) mass is 367 g/mol. The van der Waals surface area contributed by atoms with Gasteiger partial charge in [-0.1, -0.05) is 54.3 Å². The number of esters is 2. The zero-order valence-corrected chi connectivity index (χ0v) is 15.4. The Bertz CT molecular complexity index is 594. The Morgan fingerprint density at radius 2 is 2.08 bits per heavy atom. The molecule has 0 radical (unpaired) electrons. The van der Waals surface area contributed by atoms with Crippen LogP contribution < -0.4 is 0 Å². The summed E-state index contributed by atoms with van der Waals surface area (Å²) in [4.78, 5) is 26.1. The summed E-state index contributed by atoms with van der Waals surface area (Å²) in [6.07, 6.45) is 0.687. The van der Waals surface area contributed by atoms with E-state index in [2.05, 4.69) is 0 Å². The van der Waals surface area contributed by atoms with E-state index in [9.17, 15) is 9.59 Å². The summed E-state index contributed by atoms with van der Waals surface area (Å²) >= 11 is 6.91. The molecule has 1 aliphatic heterocycles. The number of methoxy groups -OCH3 is 1. The van der Waals surface area contributed by atoms with E-state index in [1.54, 1.807) is 6.92 Å². The zero-order valence-electron chi connectivity index (χ0n) is 13.8. The maximum absolute atomic E-state index is 12.5. The quantitative estimate of drug-likeness (QED) is 0.542. The first-order valence-corrected chi connectivity index (χ1v) is 9.18. The lowest BCUT2D eigenvalue weighted by Crippen LogP contribution is -2.49. The molecule has 2 atom stereocenters. The molecule has 1 aromatic rings. The highest BCUT2D eigenvalue weighted by Crippen LogP contribution is 2.30. The molecule has 0 amide bonds. The van der Waals surface area contributed by atoms with E-state index in [4.69, 9.17) is 21.7 Å². The average molecular weight is 367 g/mol. The van der Waals surface area contributed by atoms with Gasteiger partial charge in [0.1, 0.15) is 10.4 Å². The molecule has 0 N–H and O–H groups in total. The third-order valence-electron chi connectivity index (χ3n) is 3.80. The third kappa shape index (κ3) is 4.70. The molecule has 1 aliphatic rings. The minimum Gasteiger partial charge on any atom is -0.469 e. The lowest BCUT2D eigenvalue weighted by atomic mass is 10.0. The minimum atomic E-state index is -0.537. The molecule has 0 spiro atoms. The summed E-state index contributed by atoms with van der Waals surface area (Å²) in [5.41, 5.74) is 1.02. The molecule has 0 aromatic heterocycles. The molecule has 5 nitrogen and oxygen atoms in total. The SMILES string of the molecule is CCOC(=O)[C@H](Cc1ccccc1)N1C(=S)SCC1CC(=O)OC. The summed E-state index contributed by atoms with van der Waals surface area (Å²) in [6.45, 7) is 2.08. The van der Waals surface area contributed by atoms with Gasteiger partial charge in [-0.25, -0.2) is 4.79 Å². The highest BCUT2D eigenvalue weighted by atomic mass is 32.2. The van der Waals surface area contributed by atoms with Crippen LogP contribution in [0, 0.1) is 0 Å². The summed E-state index contributed by atoms with van der Waals surface area (Å²) in [5.74, 6) is 0.0391. The molecule has 0 aliphatic carbocycles. The first-order valence-electron chi connectivity index (χ1n) is 7.79. The van der Waals surface area contributed by atoms with Crippen molar-refractivity contribution >= 4 is 40.2 Å². The van der Waals surface area contributed by atoms with Crippen LogP contribution in [-0.4, -0.2) is 52.7 Å². The molecule has 1 saturated heterocycles. The predicted octanol–water partition coefficient (Wildman–Crippen LogP) is 2.43. The van der Waals surface area contributed by atoms with Crippen LogP contribution in [0.5, 0.6) is 0 Å². The van der Waals surface area contributed by atoms with E-state index in [1.807, 2.05) is 35.2 Å². The molecule has 7 heteroatoms. The standard InChI is InChI=1S/C17H21NO4S2/c1-3-22-16(20)14(9-12-7-5-4-6-8-12)18-13(10-15(19)21-2)11-24-17(18)23/h4-8,13-14H,3,9-11H2,1-2H3/t13?,14-/m0/s1. The number of ether oxygens (including phenoxy) is 2. The summed E-state index contributed by atoms with van der Waals surface area (Å²) in [7, 11) is 1.36. The largest absolute Gasteiger partial charge is 0.469 e. The van der Waals surface area contributed by atoms with Crippen LogP contribution in [0.2, 0.25) is 0 Å². The molecule has 1 aromatic carbocycles. The van der Waals surface area contributed by atoms with Gasteiger partial charge in [0.15, 0.2) is 0 Å². The number of thioether (sulfide) groups is 1. The van der Waals surface area contributed by atoms with Gasteiger partial charge >= 0.3 is 11.9 Å². The number of benzene rings is 1. The molecule has 1 unspecified atom stereocenters. The molecule has 0 bridgehead atoms. The smallest absolute Gasteiger partial charge is 0.329 e. The summed E-state index contributed by atoms with van der Waals surface area (Å²) in [6, 6.07) is 9.03. The average Bonchev–Trinajstić information content (AvgIpc) is 2.94. The minimum absolute atomic E-state index is 0.159. The fourth-order valence-electron chi connectivity index (χ4n) is 2.66. The lowest BCUT2D eigenvalue weighted by molar-refractivity contribution is -0.150. The lowest BCUT2D eigenvalue weighted by Gasteiger charge is -2.32. The number of hydrogen-bond acceptors (Lipinski definition) is 6. The van der Waals surface area contributed by atoms with Crippen molar-refractivity contribution in [3.63, 3.8) is 0 Å². The Morgan fingerprint density at radius 3 is 2.71 bits per heavy atom. The Kier molecular flexibility index (Phi) is 7.05. The molecule has 130 valence electrons. The molecule has 2 rings (SSSR count). The molecule has 24 heavy (non-hydrogen) atoms. The number of rotatable bonds is 7. The first kappa shape index (κ1) is 18.7. The zero-order chi connectivity index (χ0) is 17.5. The van der Waals surface area contributed by atoms with Gasteiger partial charge in [-0.15, -0.1) is 0 Å². The van der Waals surface area contributed by atoms with Crippen LogP contribution in [0.25, 0.3) is 0 Å². The van der Waals surface area contributed by atoms with Gasteiger partial charge < -0.3 is 14.4 Å². The van der Waals surface area contributed by atoms with Gasteiger partial charge in [-0.2, -0.15) is 0 Å². The van der Waals surface area contributed by atoms with Crippen LogP contribution in [0.4, 0.5) is 0 Å². The van der Waals surface area contributed by atoms with Crippen molar-refractivity contribution in [1.82, 2.24) is 4.90 Å². The molecular weight excluding hydrogens is 346 g/mol. The van der Waals surface area contributed by atoms with E-state index in [0.717, 1.165) is 5.56 Å². The number of hydrogen-bond donors (Lipinski definition) is 0. The normalized spacial score (nSPS) is 18.3. The van der Waals surface area contributed by atoms with Crippen molar-refractivity contribution < 1.29 is 19.1 Å². The van der Waals surface area contributed by atoms with Crippen molar-refractivity contribution in [2.75, 3.05) is 19.5 Å². The summed E-state index contributed by atoms with van der Waals surface area (Å²) in [5, 5.41) is 0. The Labute approximate surface area is 151 Å². The Hall–Kier alpha value is -1.60. The first-order chi connectivity index (χ1) is 11.6. The van der Waals surface area contributed by atoms with Crippen molar-refractivity contribution in [3.8, 4) is 0 Å². The third-order valence-corrected chi connectivity index (χ3v) is 5.37. The van der Waals surface area contributed by atoms with Gasteiger partial charge in [-0.05, 0) is 12.5 Å². The predicted molar refractivity (Wildman–Crippen MR) is 97.9 cm³/mol. The van der Waals surface area contributed by atoms with Crippen molar-refractivity contribution in [3.05, 3.63) is 35.9 Å². The van der Waals surface area contributed by atoms with Gasteiger partial charge in [0.05, 0.1) is 26.2 Å². The second-order valence-corrected chi connectivity index (χ2v) is 7.03. The summed E-state index contributed by atoms with van der Waals surface area (Å²) < 4.78 is 10.6. The van der Waals surface area contributed by atoms with Crippen LogP contribution in [-0.2, 0) is 25.5 Å². The van der Waals surface area contributed by atoms with Gasteiger partial charge in [0.2, 0.25) is 0 Å². The van der Waals surface area contributed by atoms with Gasteiger partial charge in [0, 0.05) is 12.2 Å². The number of carbonyl (C=O) groups excluding carboxylic acids is 2. The number of nitrogens with zero attached hydrogens (tertiary/aromatic N) is 1. The van der Waals surface area contributed by atoms with E-state index in [1.165, 1.54) is 18.9 Å². The molecule has 1 fully saturated rings. The van der Waals surface area contributed by atoms with Crippen molar-refractivity contribution in [2.24, 2.45) is 0 Å². The fourth-order valence-corrected chi connectivity index (χ4v) is 4.18. The van der Waals surface area contributed by atoms with E-state index >= 15 is 0 Å². The van der Waals surface area contributed by atoms with Crippen molar-refractivity contribution in [1.29, 1.82) is 0 Å². The topological polar surface area (TPSA) is 55.8 Å². The van der Waals surface area contributed by atoms with Crippen LogP contribution in [0.3, 0.4) is 0 Å². The van der Waals surface area contributed by atoms with Gasteiger partial charge in [-0.3, -0.25) is 4.79 Å². The second-order valence-electron chi connectivity index (χ2n) is 5.38. The van der Waals surface area contributed by atoms with Crippen LogP contribution in [0.1, 0.15) is 18.9 Å². The Balaban J connectivity index is 2.24. The maximum Gasteiger partial charge on any atom is 0.329 e. The van der Waals surface area contributed by atoms with Crippen LogP contribution in [0.15, 0.2) is 30.3 Å². The fraction of sp³-hybridized carbons (Fsp3) is 0.471.